The van der Waals surface area contributed by atoms with Gasteiger partial charge in [-0.2, -0.15) is 0 Å². The molecule has 4 heteroatoms. The molecule has 0 radical (unpaired) electrons. The third kappa shape index (κ3) is 1.83. The summed E-state index contributed by atoms with van der Waals surface area (Å²) in [6, 6.07) is 5.35. The van der Waals surface area contributed by atoms with Gasteiger partial charge >= 0.3 is 5.69 Å². The quantitative estimate of drug-likeness (QED) is 0.384. The van der Waals surface area contributed by atoms with Gasteiger partial charge in [0.25, 0.3) is 11.5 Å². The van der Waals surface area contributed by atoms with Crippen molar-refractivity contribution in [2.75, 3.05) is 0 Å². The van der Waals surface area contributed by atoms with Gasteiger partial charge < -0.3 is 0 Å². The van der Waals surface area contributed by atoms with Gasteiger partial charge in [0.2, 0.25) is 0 Å². The van der Waals surface area contributed by atoms with Crippen LogP contribution in [0.2, 0.25) is 0 Å². The van der Waals surface area contributed by atoms with Crippen molar-refractivity contribution >= 4 is 5.69 Å². The topological polar surface area (TPSA) is 37.1 Å². The molecule has 70 valence electrons. The Kier molecular flexibility index (Phi) is 2.73. The zero-order chi connectivity index (χ0) is 10.7. The van der Waals surface area contributed by atoms with Crippen LogP contribution in [-0.4, -0.2) is 4.76 Å². The standard InChI is InChI=1S/C10H7FNO2/c1-3-12(14)9-6-7(2)4-5-8(11)10(9)13/h1,4-6H,2H3/q+1. The Morgan fingerprint density at radius 1 is 1.50 bits per heavy atom. The van der Waals surface area contributed by atoms with Crippen molar-refractivity contribution in [3.05, 3.63) is 44.7 Å². The third-order valence-electron chi connectivity index (χ3n) is 1.64. The molecular formula is C10H7FNO2+. The number of nitroso groups, excluding NO2 is 1. The predicted octanol–water partition coefficient (Wildman–Crippen LogP) is 1.50. The van der Waals surface area contributed by atoms with E-state index in [1.54, 1.807) is 13.0 Å². The highest BCUT2D eigenvalue weighted by molar-refractivity contribution is 5.33. The molecule has 3 nitrogen and oxygen atoms in total. The summed E-state index contributed by atoms with van der Waals surface area (Å²) in [4.78, 5) is 22.2. The van der Waals surface area contributed by atoms with Crippen LogP contribution in [0.1, 0.15) is 5.56 Å². The Morgan fingerprint density at radius 3 is 2.71 bits per heavy atom. The normalized spacial score (nSPS) is 9.21. The van der Waals surface area contributed by atoms with Gasteiger partial charge in [-0.3, -0.25) is 4.79 Å². The molecule has 1 aromatic rings. The molecule has 0 atom stereocenters. The lowest BCUT2D eigenvalue weighted by atomic mass is 10.3. The van der Waals surface area contributed by atoms with Crippen LogP contribution in [0.25, 0.3) is 0 Å². The number of hydrogen-bond acceptors (Lipinski definition) is 2. The molecule has 0 bridgehead atoms. The fraction of sp³-hybridized carbons (Fsp3) is 0.100. The summed E-state index contributed by atoms with van der Waals surface area (Å²) in [7, 11) is 0. The fourth-order valence-electron chi connectivity index (χ4n) is 0.952. The van der Waals surface area contributed by atoms with Crippen LogP contribution in [0.4, 0.5) is 10.1 Å². The molecular weight excluding hydrogens is 185 g/mol. The first-order chi connectivity index (χ1) is 6.56. The van der Waals surface area contributed by atoms with E-state index in [-0.39, 0.29) is 10.4 Å². The van der Waals surface area contributed by atoms with Crippen LogP contribution >= 0.6 is 0 Å². The van der Waals surface area contributed by atoms with Crippen molar-refractivity contribution in [1.29, 1.82) is 0 Å². The number of nitrogens with zero attached hydrogens (tertiary/aromatic N) is 1. The Bertz CT molecular complexity index is 488. The van der Waals surface area contributed by atoms with Crippen molar-refractivity contribution in [3.8, 4) is 12.5 Å². The first-order valence-corrected chi connectivity index (χ1v) is 3.80. The third-order valence-corrected chi connectivity index (χ3v) is 1.64. The van der Waals surface area contributed by atoms with Gasteiger partial charge in [-0.25, -0.2) is 4.39 Å². The van der Waals surface area contributed by atoms with Gasteiger partial charge in [-0.15, -0.1) is 0 Å². The molecule has 14 heavy (non-hydrogen) atoms. The predicted molar refractivity (Wildman–Crippen MR) is 49.5 cm³/mol. The summed E-state index contributed by atoms with van der Waals surface area (Å²) in [5.41, 5.74) is -0.796. The number of halogens is 1. The molecule has 0 N–H and O–H groups in total. The van der Waals surface area contributed by atoms with E-state index in [1.807, 2.05) is 0 Å². The van der Waals surface area contributed by atoms with Crippen molar-refractivity contribution in [2.24, 2.45) is 0 Å². The lowest BCUT2D eigenvalue weighted by Crippen LogP contribution is -2.08. The van der Waals surface area contributed by atoms with Crippen molar-refractivity contribution in [2.45, 2.75) is 6.92 Å². The Labute approximate surface area is 79.8 Å². The summed E-state index contributed by atoms with van der Waals surface area (Å²) in [5, 5.41) is 0. The highest BCUT2D eigenvalue weighted by Gasteiger charge is 2.18. The van der Waals surface area contributed by atoms with E-state index in [0.29, 0.717) is 5.56 Å². The van der Waals surface area contributed by atoms with E-state index in [0.717, 1.165) is 6.07 Å². The van der Waals surface area contributed by atoms with E-state index in [9.17, 15) is 14.1 Å². The zero-order valence-electron chi connectivity index (χ0n) is 7.45. The van der Waals surface area contributed by atoms with Crippen molar-refractivity contribution in [1.82, 2.24) is 0 Å². The smallest absolute Gasteiger partial charge is 0.279 e. The first kappa shape index (κ1) is 10.1. The van der Waals surface area contributed by atoms with Gasteiger partial charge in [0.1, 0.15) is 4.76 Å². The number of terminal acetylenes is 1. The summed E-state index contributed by atoms with van der Waals surface area (Å²) in [5.74, 6) is -0.996. The monoisotopic (exact) mass is 192 g/mol. The number of aryl methyl sites for hydroxylation is 1. The minimum absolute atomic E-state index is 0.0123. The van der Waals surface area contributed by atoms with Gasteiger partial charge in [-0.05, 0) is 25.0 Å². The summed E-state index contributed by atoms with van der Waals surface area (Å²) >= 11 is 0. The van der Waals surface area contributed by atoms with E-state index in [4.69, 9.17) is 6.42 Å². The zero-order valence-corrected chi connectivity index (χ0v) is 7.45. The van der Waals surface area contributed by atoms with Gasteiger partial charge in [-0.1, -0.05) is 6.07 Å². The molecule has 0 spiro atoms. The Hall–Kier alpha value is -2.02. The minimum atomic E-state index is -0.996. The number of hydrogen-bond donors (Lipinski definition) is 0. The molecule has 1 aromatic carbocycles. The first-order valence-electron chi connectivity index (χ1n) is 3.80. The molecule has 0 saturated heterocycles. The summed E-state index contributed by atoms with van der Waals surface area (Å²) < 4.78 is 13.0. The SMILES string of the molecule is C#C[N+](=O)c1cc(C)ccc(F)c1=O. The van der Waals surface area contributed by atoms with Crippen LogP contribution in [-0.2, 0) is 0 Å². The molecule has 0 fully saturated rings. The second-order valence-electron chi connectivity index (χ2n) is 2.71. The molecule has 0 heterocycles. The molecule has 0 aliphatic heterocycles. The lowest BCUT2D eigenvalue weighted by Gasteiger charge is -1.79. The molecule has 0 aliphatic rings. The van der Waals surface area contributed by atoms with E-state index < -0.39 is 11.2 Å². The van der Waals surface area contributed by atoms with Crippen LogP contribution in [0.15, 0.2) is 23.0 Å². The van der Waals surface area contributed by atoms with Crippen molar-refractivity contribution in [3.63, 3.8) is 0 Å². The highest BCUT2D eigenvalue weighted by atomic mass is 19.1. The van der Waals surface area contributed by atoms with Gasteiger partial charge in [0.15, 0.2) is 5.82 Å². The van der Waals surface area contributed by atoms with Crippen LogP contribution in [0.3, 0.4) is 0 Å². The molecule has 0 aliphatic carbocycles. The summed E-state index contributed by atoms with van der Waals surface area (Å²) in [6.45, 7) is 1.63. The van der Waals surface area contributed by atoms with Crippen LogP contribution < -0.4 is 5.43 Å². The fourth-order valence-corrected chi connectivity index (χ4v) is 0.952. The lowest BCUT2D eigenvalue weighted by molar-refractivity contribution is -0.361. The van der Waals surface area contributed by atoms with E-state index in [1.165, 1.54) is 12.1 Å². The van der Waals surface area contributed by atoms with Crippen LogP contribution in [0.5, 0.6) is 0 Å². The second-order valence-corrected chi connectivity index (χ2v) is 2.71. The molecule has 1 rings (SSSR count). The van der Waals surface area contributed by atoms with Crippen molar-refractivity contribution < 1.29 is 9.15 Å². The average molecular weight is 192 g/mol. The average Bonchev–Trinajstić information content (AvgIpc) is 2.30. The maximum Gasteiger partial charge on any atom is 0.325 e. The van der Waals surface area contributed by atoms with Gasteiger partial charge in [0, 0.05) is 11.0 Å². The van der Waals surface area contributed by atoms with Crippen LogP contribution in [0, 0.1) is 30.1 Å². The summed E-state index contributed by atoms with van der Waals surface area (Å²) in [6.07, 6.45) is 4.82. The maximum absolute atomic E-state index is 12.9. The maximum atomic E-state index is 12.9. The number of rotatable bonds is 1. The molecule has 0 aromatic heterocycles. The van der Waals surface area contributed by atoms with E-state index in [2.05, 4.69) is 0 Å². The molecule has 0 unspecified atom stereocenters. The second kappa shape index (κ2) is 3.79. The Morgan fingerprint density at radius 2 is 2.14 bits per heavy atom. The molecule has 0 amide bonds. The molecule has 0 saturated carbocycles. The minimum Gasteiger partial charge on any atom is -0.279 e. The van der Waals surface area contributed by atoms with Gasteiger partial charge in [0.05, 0.1) is 0 Å². The largest absolute Gasteiger partial charge is 0.325 e. The van der Waals surface area contributed by atoms with E-state index >= 15 is 0 Å². The Balaban J connectivity index is 3.62. The highest BCUT2D eigenvalue weighted by Crippen LogP contribution is 2.07.